The first-order valence-corrected chi connectivity index (χ1v) is 6.23. The summed E-state index contributed by atoms with van der Waals surface area (Å²) in [6.07, 6.45) is -2.81. The molecule has 1 aromatic rings. The Hall–Kier alpha value is -2.11. The fourth-order valence-corrected chi connectivity index (χ4v) is 1.63. The number of aliphatic imine (C=N–C) groups is 1. The van der Waals surface area contributed by atoms with Gasteiger partial charge in [0.1, 0.15) is 29.6 Å². The summed E-state index contributed by atoms with van der Waals surface area (Å²) in [5, 5.41) is 7.67. The van der Waals surface area contributed by atoms with Crippen LogP contribution in [0.1, 0.15) is 11.1 Å². The van der Waals surface area contributed by atoms with Crippen LogP contribution in [0.3, 0.4) is 0 Å². The minimum Gasteiger partial charge on any atom is -0.438 e. The average molecular weight is 316 g/mol. The highest BCUT2D eigenvalue weighted by Gasteiger charge is 2.16. The van der Waals surface area contributed by atoms with Gasteiger partial charge in [-0.2, -0.15) is 8.78 Å². The summed E-state index contributed by atoms with van der Waals surface area (Å²) in [6, 6.07) is 4.88. The van der Waals surface area contributed by atoms with E-state index in [1.165, 1.54) is 14.1 Å². The Kier molecular flexibility index (Phi) is 6.65. The van der Waals surface area contributed by atoms with E-state index in [1.807, 2.05) is 0 Å². The summed E-state index contributed by atoms with van der Waals surface area (Å²) in [5.41, 5.74) is 1.20. The molecule has 0 spiro atoms. The molecule has 0 saturated heterocycles. The van der Waals surface area contributed by atoms with Crippen LogP contribution in [-0.4, -0.2) is 26.4 Å². The van der Waals surface area contributed by atoms with E-state index in [9.17, 15) is 8.78 Å². The van der Waals surface area contributed by atoms with Crippen molar-refractivity contribution >= 4 is 23.3 Å². The molecule has 0 aliphatic heterocycles. The Balaban J connectivity index is 2.88. The van der Waals surface area contributed by atoms with Crippen LogP contribution in [0.5, 0.6) is 0 Å². The van der Waals surface area contributed by atoms with Crippen LogP contribution in [0.25, 0.3) is 5.76 Å². The lowest BCUT2D eigenvalue weighted by Gasteiger charge is -2.11. The van der Waals surface area contributed by atoms with E-state index in [-0.39, 0.29) is 12.3 Å². The molecule has 8 heteroatoms. The molecule has 112 valence electrons. The van der Waals surface area contributed by atoms with Crippen molar-refractivity contribution < 1.29 is 13.5 Å². The zero-order chi connectivity index (χ0) is 15.8. The molecule has 21 heavy (non-hydrogen) atoms. The van der Waals surface area contributed by atoms with E-state index in [2.05, 4.69) is 26.7 Å². The molecule has 0 saturated carbocycles. The van der Waals surface area contributed by atoms with Gasteiger partial charge in [0.15, 0.2) is 0 Å². The molecule has 0 amide bonds. The van der Waals surface area contributed by atoms with Gasteiger partial charge in [-0.05, 0) is 11.6 Å². The van der Waals surface area contributed by atoms with E-state index >= 15 is 0 Å². The first-order valence-electron chi connectivity index (χ1n) is 5.85. The van der Waals surface area contributed by atoms with Gasteiger partial charge in [-0.15, -0.1) is 0 Å². The molecule has 0 radical (unpaired) electrons. The lowest BCUT2D eigenvalue weighted by Crippen LogP contribution is -2.13. The predicted molar refractivity (Wildman–Crippen MR) is 77.6 cm³/mol. The first kappa shape index (κ1) is 16.9. The molecule has 5 nitrogen and oxygen atoms in total. The van der Waals surface area contributed by atoms with Crippen molar-refractivity contribution in [2.75, 3.05) is 14.1 Å². The molecule has 0 bridgehead atoms. The van der Waals surface area contributed by atoms with Crippen LogP contribution >= 0.6 is 11.6 Å². The largest absolute Gasteiger partial charge is 0.438 e. The molecule has 0 fully saturated rings. The second-order valence-electron chi connectivity index (χ2n) is 3.78. The molecule has 0 atom stereocenters. The third-order valence-electron chi connectivity index (χ3n) is 2.40. The minimum absolute atomic E-state index is 0.0366. The van der Waals surface area contributed by atoms with E-state index in [1.54, 1.807) is 18.2 Å². The topological polar surface area (TPSA) is 60.4 Å². The maximum Gasteiger partial charge on any atom is 0.312 e. The molecule has 0 aliphatic carbocycles. The summed E-state index contributed by atoms with van der Waals surface area (Å²) in [6.45, 7) is 3.86. The highest BCUT2D eigenvalue weighted by molar-refractivity contribution is 6.31. The van der Waals surface area contributed by atoms with Crippen molar-refractivity contribution in [2.24, 2.45) is 15.2 Å². The molecular weight excluding hydrogens is 302 g/mol. The van der Waals surface area contributed by atoms with Crippen LogP contribution in [0.4, 0.5) is 8.78 Å². The monoisotopic (exact) mass is 315 g/mol. The van der Waals surface area contributed by atoms with Gasteiger partial charge in [0.25, 0.3) is 5.90 Å². The fraction of sp³-hybridized carbons (Fsp3) is 0.308. The van der Waals surface area contributed by atoms with Gasteiger partial charge in [-0.25, -0.2) is 0 Å². The smallest absolute Gasteiger partial charge is 0.312 e. The van der Waals surface area contributed by atoms with Gasteiger partial charge in [0, 0.05) is 17.6 Å². The SMILES string of the molecule is C=C(OC(=NC)C(F)F)c1ccc(CN=[N+]=NC)c(Cl)c1. The Labute approximate surface area is 125 Å². The Morgan fingerprint density at radius 2 is 2.14 bits per heavy atom. The molecule has 1 aromatic carbocycles. The maximum atomic E-state index is 12.5. The van der Waals surface area contributed by atoms with Crippen LogP contribution in [0.15, 0.2) is 40.0 Å². The standard InChI is InChI=1S/C13H14ClF2N4O/c1-8(21-13(17-2)12(15)16)9-4-5-10(11(14)6-9)7-19-20-18-3/h4-6,12H,1,7H2,2-3H3/q+1. The number of hydrogen-bond donors (Lipinski definition) is 0. The number of ether oxygens (including phenoxy) is 1. The first-order chi connectivity index (χ1) is 9.99. The molecule has 0 aliphatic rings. The van der Waals surface area contributed by atoms with Crippen LogP contribution in [-0.2, 0) is 11.3 Å². The number of alkyl halides is 2. The van der Waals surface area contributed by atoms with Crippen LogP contribution < -0.4 is 4.91 Å². The number of benzene rings is 1. The summed E-state index contributed by atoms with van der Waals surface area (Å²) in [5.74, 6) is -0.659. The zero-order valence-corrected chi connectivity index (χ0v) is 12.3. The normalized spacial score (nSPS) is 11.0. The Morgan fingerprint density at radius 3 is 2.67 bits per heavy atom. The van der Waals surface area contributed by atoms with Gasteiger partial charge in [-0.3, -0.25) is 4.99 Å². The minimum atomic E-state index is -2.81. The van der Waals surface area contributed by atoms with Crippen molar-refractivity contribution in [1.82, 2.24) is 4.91 Å². The van der Waals surface area contributed by atoms with Crippen LogP contribution in [0.2, 0.25) is 5.02 Å². The third-order valence-corrected chi connectivity index (χ3v) is 2.76. The zero-order valence-electron chi connectivity index (χ0n) is 11.6. The Bertz CT molecular complexity index is 610. The second-order valence-corrected chi connectivity index (χ2v) is 4.19. The average Bonchev–Trinajstić information content (AvgIpc) is 2.45. The van der Waals surface area contributed by atoms with Gasteiger partial charge in [0.2, 0.25) is 4.91 Å². The lowest BCUT2D eigenvalue weighted by atomic mass is 10.1. The van der Waals surface area contributed by atoms with E-state index < -0.39 is 12.3 Å². The molecule has 1 rings (SSSR count). The Morgan fingerprint density at radius 1 is 1.43 bits per heavy atom. The van der Waals surface area contributed by atoms with Gasteiger partial charge < -0.3 is 4.74 Å². The second kappa shape index (κ2) is 8.24. The quantitative estimate of drug-likeness (QED) is 0.268. The molecule has 0 heterocycles. The number of halogens is 3. The summed E-state index contributed by atoms with van der Waals surface area (Å²) < 4.78 is 30.0. The maximum absolute atomic E-state index is 12.5. The van der Waals surface area contributed by atoms with Crippen molar-refractivity contribution in [2.45, 2.75) is 13.0 Å². The van der Waals surface area contributed by atoms with E-state index in [0.717, 1.165) is 5.56 Å². The number of hydrogen-bond acceptors (Lipinski definition) is 4. The fourth-order valence-electron chi connectivity index (χ4n) is 1.39. The van der Waals surface area contributed by atoms with Crippen molar-refractivity contribution in [1.29, 1.82) is 0 Å². The van der Waals surface area contributed by atoms with Crippen LogP contribution in [0, 0.1) is 0 Å². The van der Waals surface area contributed by atoms with Gasteiger partial charge >= 0.3 is 6.43 Å². The van der Waals surface area contributed by atoms with E-state index in [0.29, 0.717) is 10.6 Å². The molecule has 0 aromatic heterocycles. The number of nitrogens with zero attached hydrogens (tertiary/aromatic N) is 4. The summed E-state index contributed by atoms with van der Waals surface area (Å²) in [4.78, 5) is 6.84. The summed E-state index contributed by atoms with van der Waals surface area (Å²) >= 11 is 6.08. The van der Waals surface area contributed by atoms with Crippen molar-refractivity contribution in [3.05, 3.63) is 40.9 Å². The van der Waals surface area contributed by atoms with Gasteiger partial charge in [-0.1, -0.05) is 30.3 Å². The third kappa shape index (κ3) is 5.06. The summed E-state index contributed by atoms with van der Waals surface area (Å²) in [7, 11) is 2.72. The lowest BCUT2D eigenvalue weighted by molar-refractivity contribution is 0.196. The molecule has 0 N–H and O–H groups in total. The van der Waals surface area contributed by atoms with Crippen molar-refractivity contribution in [3.8, 4) is 0 Å². The molecular formula is C13H14ClF2N4O+. The highest BCUT2D eigenvalue weighted by atomic mass is 35.5. The van der Waals surface area contributed by atoms with E-state index in [4.69, 9.17) is 16.3 Å². The highest BCUT2D eigenvalue weighted by Crippen LogP contribution is 2.24. The van der Waals surface area contributed by atoms with Gasteiger partial charge in [0.05, 0.1) is 0 Å². The number of rotatable bonds is 5. The van der Waals surface area contributed by atoms with Crippen molar-refractivity contribution in [3.63, 3.8) is 0 Å². The predicted octanol–water partition coefficient (Wildman–Crippen LogP) is 3.72. The molecule has 0 unspecified atom stereocenters.